The monoisotopic (exact) mass is 273 g/mol. The molecule has 0 radical (unpaired) electrons. The number of nitrogens with zero attached hydrogens (tertiary/aromatic N) is 2. The molecule has 1 aromatic carbocycles. The van der Waals surface area contributed by atoms with Gasteiger partial charge in [0, 0.05) is 12.8 Å². The summed E-state index contributed by atoms with van der Waals surface area (Å²) in [5.41, 5.74) is 9.30. The molecule has 2 rings (SSSR count). The highest BCUT2D eigenvalue weighted by atomic mass is 16.5. The molecule has 1 aromatic heterocycles. The number of hydrogen-bond donors (Lipinski definition) is 1. The van der Waals surface area contributed by atoms with E-state index in [-0.39, 0.29) is 0 Å². The van der Waals surface area contributed by atoms with E-state index in [1.165, 1.54) is 16.7 Å². The Labute approximate surface area is 120 Å². The maximum Gasteiger partial charge on any atom is 0.226 e. The molecule has 20 heavy (non-hydrogen) atoms. The van der Waals surface area contributed by atoms with Crippen LogP contribution >= 0.6 is 0 Å². The number of hydrogen-bond acceptors (Lipinski definition) is 4. The molecule has 0 atom stereocenters. The van der Waals surface area contributed by atoms with E-state index in [0.717, 1.165) is 50.4 Å². The highest BCUT2D eigenvalue weighted by Crippen LogP contribution is 2.13. The van der Waals surface area contributed by atoms with E-state index in [1.54, 1.807) is 0 Å². The van der Waals surface area contributed by atoms with Crippen LogP contribution in [0.1, 0.15) is 47.7 Å². The van der Waals surface area contributed by atoms with Crippen molar-refractivity contribution >= 4 is 0 Å². The Morgan fingerprint density at radius 3 is 2.70 bits per heavy atom. The predicted molar refractivity (Wildman–Crippen MR) is 79.6 cm³/mol. The van der Waals surface area contributed by atoms with E-state index >= 15 is 0 Å². The molecular formula is C16H23N3O. The summed E-state index contributed by atoms with van der Waals surface area (Å²) in [6, 6.07) is 6.45. The fourth-order valence-corrected chi connectivity index (χ4v) is 2.16. The van der Waals surface area contributed by atoms with Gasteiger partial charge in [0.2, 0.25) is 5.89 Å². The van der Waals surface area contributed by atoms with Crippen LogP contribution in [0.2, 0.25) is 0 Å². The first-order chi connectivity index (χ1) is 9.69. The molecule has 0 unspecified atom stereocenters. The standard InChI is InChI=1S/C16H23N3O/c1-12-7-8-14(10-13(12)2)11-15-18-16(20-19-15)6-4-3-5-9-17/h7-8,10H,3-6,9,11,17H2,1-2H3. The Kier molecular flexibility index (Phi) is 5.30. The summed E-state index contributed by atoms with van der Waals surface area (Å²) < 4.78 is 5.28. The molecule has 4 heteroatoms. The van der Waals surface area contributed by atoms with Crippen LogP contribution in [0.15, 0.2) is 22.7 Å². The molecular weight excluding hydrogens is 250 g/mol. The Balaban J connectivity index is 1.90. The summed E-state index contributed by atoms with van der Waals surface area (Å²) >= 11 is 0. The van der Waals surface area contributed by atoms with E-state index in [0.29, 0.717) is 0 Å². The van der Waals surface area contributed by atoms with Crippen molar-refractivity contribution in [1.82, 2.24) is 10.1 Å². The zero-order valence-electron chi connectivity index (χ0n) is 12.4. The van der Waals surface area contributed by atoms with Gasteiger partial charge in [0.25, 0.3) is 0 Å². The normalized spacial score (nSPS) is 10.9. The third-order valence-corrected chi connectivity index (χ3v) is 3.54. The number of unbranched alkanes of at least 4 members (excludes halogenated alkanes) is 2. The van der Waals surface area contributed by atoms with Crippen molar-refractivity contribution in [2.75, 3.05) is 6.54 Å². The summed E-state index contributed by atoms with van der Waals surface area (Å²) in [7, 11) is 0. The summed E-state index contributed by atoms with van der Waals surface area (Å²) in [5.74, 6) is 1.50. The SMILES string of the molecule is Cc1ccc(Cc2noc(CCCCCN)n2)cc1C. The second kappa shape index (κ2) is 7.20. The molecule has 2 N–H and O–H groups in total. The third kappa shape index (κ3) is 4.17. The zero-order valence-corrected chi connectivity index (χ0v) is 12.4. The molecule has 2 aromatic rings. The number of aromatic nitrogens is 2. The minimum Gasteiger partial charge on any atom is -0.339 e. The summed E-state index contributed by atoms with van der Waals surface area (Å²) in [6.07, 6.45) is 4.81. The Hall–Kier alpha value is -1.68. The molecule has 0 bridgehead atoms. The van der Waals surface area contributed by atoms with Crippen LogP contribution in [0.4, 0.5) is 0 Å². The number of aryl methyl sites for hydroxylation is 3. The van der Waals surface area contributed by atoms with E-state index < -0.39 is 0 Å². The van der Waals surface area contributed by atoms with Crippen LogP contribution in [0.5, 0.6) is 0 Å². The van der Waals surface area contributed by atoms with Crippen molar-refractivity contribution in [3.63, 3.8) is 0 Å². The smallest absolute Gasteiger partial charge is 0.226 e. The van der Waals surface area contributed by atoms with Gasteiger partial charge < -0.3 is 10.3 Å². The van der Waals surface area contributed by atoms with Gasteiger partial charge in [0.1, 0.15) is 0 Å². The van der Waals surface area contributed by atoms with Crippen LogP contribution in [-0.4, -0.2) is 16.7 Å². The van der Waals surface area contributed by atoms with Gasteiger partial charge in [0.05, 0.1) is 0 Å². The van der Waals surface area contributed by atoms with Crippen LogP contribution in [0.25, 0.3) is 0 Å². The quantitative estimate of drug-likeness (QED) is 0.788. The molecule has 0 amide bonds. The fourth-order valence-electron chi connectivity index (χ4n) is 2.16. The van der Waals surface area contributed by atoms with Crippen molar-refractivity contribution < 1.29 is 4.52 Å². The second-order valence-corrected chi connectivity index (χ2v) is 5.30. The summed E-state index contributed by atoms with van der Waals surface area (Å²) in [6.45, 7) is 4.99. The van der Waals surface area contributed by atoms with Crippen LogP contribution in [-0.2, 0) is 12.8 Å². The molecule has 0 saturated carbocycles. The summed E-state index contributed by atoms with van der Waals surface area (Å²) in [5, 5.41) is 4.05. The second-order valence-electron chi connectivity index (χ2n) is 5.30. The van der Waals surface area contributed by atoms with Crippen molar-refractivity contribution in [2.24, 2.45) is 5.73 Å². The topological polar surface area (TPSA) is 64.9 Å². The number of rotatable bonds is 7. The van der Waals surface area contributed by atoms with Crippen molar-refractivity contribution in [3.05, 3.63) is 46.6 Å². The van der Waals surface area contributed by atoms with Crippen molar-refractivity contribution in [2.45, 2.75) is 46.0 Å². The van der Waals surface area contributed by atoms with Gasteiger partial charge in [-0.2, -0.15) is 4.98 Å². The van der Waals surface area contributed by atoms with E-state index in [1.807, 2.05) is 0 Å². The lowest BCUT2D eigenvalue weighted by Gasteiger charge is -2.02. The van der Waals surface area contributed by atoms with Gasteiger partial charge in [-0.3, -0.25) is 0 Å². The van der Waals surface area contributed by atoms with Gasteiger partial charge in [-0.25, -0.2) is 0 Å². The van der Waals surface area contributed by atoms with Gasteiger partial charge in [-0.05, 0) is 49.9 Å². The molecule has 1 heterocycles. The highest BCUT2D eigenvalue weighted by Gasteiger charge is 2.07. The van der Waals surface area contributed by atoms with Crippen LogP contribution in [0.3, 0.4) is 0 Å². The molecule has 0 aliphatic heterocycles. The van der Waals surface area contributed by atoms with Crippen LogP contribution < -0.4 is 5.73 Å². The molecule has 0 aliphatic carbocycles. The Morgan fingerprint density at radius 1 is 1.10 bits per heavy atom. The zero-order chi connectivity index (χ0) is 14.4. The average Bonchev–Trinajstić information content (AvgIpc) is 2.87. The molecule has 108 valence electrons. The maximum absolute atomic E-state index is 5.47. The third-order valence-electron chi connectivity index (χ3n) is 3.54. The van der Waals surface area contributed by atoms with E-state index in [2.05, 4.69) is 42.2 Å². The number of benzene rings is 1. The molecule has 4 nitrogen and oxygen atoms in total. The Morgan fingerprint density at radius 2 is 1.95 bits per heavy atom. The van der Waals surface area contributed by atoms with E-state index in [4.69, 9.17) is 10.3 Å². The lowest BCUT2D eigenvalue weighted by atomic mass is 10.0. The largest absolute Gasteiger partial charge is 0.339 e. The van der Waals surface area contributed by atoms with Gasteiger partial charge in [-0.15, -0.1) is 0 Å². The fraction of sp³-hybridized carbons (Fsp3) is 0.500. The highest BCUT2D eigenvalue weighted by molar-refractivity contribution is 5.31. The van der Waals surface area contributed by atoms with E-state index in [9.17, 15) is 0 Å². The van der Waals surface area contributed by atoms with Gasteiger partial charge in [-0.1, -0.05) is 29.8 Å². The first-order valence-corrected chi connectivity index (χ1v) is 7.26. The predicted octanol–water partition coefficient (Wildman–Crippen LogP) is 2.95. The minimum absolute atomic E-state index is 0.730. The summed E-state index contributed by atoms with van der Waals surface area (Å²) in [4.78, 5) is 4.45. The maximum atomic E-state index is 5.47. The lowest BCUT2D eigenvalue weighted by molar-refractivity contribution is 0.369. The minimum atomic E-state index is 0.730. The molecule has 0 spiro atoms. The molecule has 0 saturated heterocycles. The molecule has 0 aliphatic rings. The lowest BCUT2D eigenvalue weighted by Crippen LogP contribution is -1.98. The van der Waals surface area contributed by atoms with Crippen molar-refractivity contribution in [1.29, 1.82) is 0 Å². The first-order valence-electron chi connectivity index (χ1n) is 7.26. The number of nitrogens with two attached hydrogens (primary N) is 1. The Bertz CT molecular complexity index is 548. The first kappa shape index (κ1) is 14.7. The average molecular weight is 273 g/mol. The van der Waals surface area contributed by atoms with Gasteiger partial charge >= 0.3 is 0 Å². The van der Waals surface area contributed by atoms with Crippen LogP contribution in [0, 0.1) is 13.8 Å². The van der Waals surface area contributed by atoms with Crippen molar-refractivity contribution in [3.8, 4) is 0 Å². The molecule has 0 fully saturated rings. The van der Waals surface area contributed by atoms with Gasteiger partial charge in [0.15, 0.2) is 5.82 Å².